The molecule has 5 atom stereocenters. The van der Waals surface area contributed by atoms with E-state index in [9.17, 15) is 14.4 Å². The standard InChI is InChI=1S/C24H30O5/c1-13(25)19-12-20-16(11-22(19)28-14(2)26)5-6-18-17(20)9-10-24(4)21(18)7-8-23(24)29-15(3)27/h11-12,17-18,21,23H,5-10H2,1-4H3/t17-,18+,21-,23-,24+/m1/s1. The zero-order valence-electron chi connectivity index (χ0n) is 17.7. The van der Waals surface area contributed by atoms with Crippen molar-refractivity contribution in [2.75, 3.05) is 0 Å². The van der Waals surface area contributed by atoms with Gasteiger partial charge in [0.2, 0.25) is 0 Å². The normalized spacial score (nSPS) is 32.6. The van der Waals surface area contributed by atoms with E-state index in [1.165, 1.54) is 31.9 Å². The number of aryl methyl sites for hydroxylation is 1. The molecule has 0 unspecified atom stereocenters. The maximum absolute atomic E-state index is 12.2. The molecule has 0 bridgehead atoms. The van der Waals surface area contributed by atoms with Gasteiger partial charge in [-0.15, -0.1) is 0 Å². The van der Waals surface area contributed by atoms with Crippen LogP contribution in [0.25, 0.3) is 0 Å². The Balaban J connectivity index is 1.67. The van der Waals surface area contributed by atoms with Crippen LogP contribution in [0, 0.1) is 17.3 Å². The highest BCUT2D eigenvalue weighted by Gasteiger charge is 2.56. The number of benzene rings is 1. The van der Waals surface area contributed by atoms with E-state index in [-0.39, 0.29) is 23.3 Å². The maximum atomic E-state index is 12.2. The van der Waals surface area contributed by atoms with E-state index in [4.69, 9.17) is 9.47 Å². The Morgan fingerprint density at radius 2 is 1.76 bits per heavy atom. The molecule has 4 rings (SSSR count). The van der Waals surface area contributed by atoms with Crippen molar-refractivity contribution in [1.82, 2.24) is 0 Å². The van der Waals surface area contributed by atoms with E-state index in [0.717, 1.165) is 38.5 Å². The number of Topliss-reactive ketones (excluding diaryl/α,β-unsaturated/α-hetero) is 1. The highest BCUT2D eigenvalue weighted by Crippen LogP contribution is 2.61. The third kappa shape index (κ3) is 3.38. The molecular weight excluding hydrogens is 368 g/mol. The average Bonchev–Trinajstić information content (AvgIpc) is 2.96. The van der Waals surface area contributed by atoms with Crippen molar-refractivity contribution in [2.24, 2.45) is 17.3 Å². The second-order valence-electron chi connectivity index (χ2n) is 9.33. The first-order chi connectivity index (χ1) is 13.7. The number of hydrogen-bond acceptors (Lipinski definition) is 5. The number of carbonyl (C=O) groups is 3. The van der Waals surface area contributed by atoms with Crippen molar-refractivity contribution < 1.29 is 23.9 Å². The number of ether oxygens (including phenoxy) is 2. The summed E-state index contributed by atoms with van der Waals surface area (Å²) in [6, 6.07) is 3.89. The van der Waals surface area contributed by atoms with Crippen molar-refractivity contribution in [3.05, 3.63) is 28.8 Å². The lowest BCUT2D eigenvalue weighted by Gasteiger charge is -2.50. The first-order valence-corrected chi connectivity index (χ1v) is 10.7. The highest BCUT2D eigenvalue weighted by molar-refractivity contribution is 5.98. The fraction of sp³-hybridized carbons (Fsp3) is 0.625. The molecule has 0 amide bonds. The van der Waals surface area contributed by atoms with Crippen LogP contribution >= 0.6 is 0 Å². The van der Waals surface area contributed by atoms with E-state index in [2.05, 4.69) is 6.92 Å². The van der Waals surface area contributed by atoms with Crippen molar-refractivity contribution in [3.8, 4) is 5.75 Å². The molecule has 3 aliphatic rings. The van der Waals surface area contributed by atoms with Gasteiger partial charge in [0.15, 0.2) is 5.78 Å². The van der Waals surface area contributed by atoms with Gasteiger partial charge in [-0.05, 0) is 86.5 Å². The summed E-state index contributed by atoms with van der Waals surface area (Å²) in [6.07, 6.45) is 6.13. The van der Waals surface area contributed by atoms with Crippen molar-refractivity contribution in [2.45, 2.75) is 78.2 Å². The molecule has 29 heavy (non-hydrogen) atoms. The van der Waals surface area contributed by atoms with Gasteiger partial charge in [0, 0.05) is 19.3 Å². The topological polar surface area (TPSA) is 69.7 Å². The van der Waals surface area contributed by atoms with Crippen LogP contribution in [-0.4, -0.2) is 23.8 Å². The summed E-state index contributed by atoms with van der Waals surface area (Å²) in [4.78, 5) is 35.3. The summed E-state index contributed by atoms with van der Waals surface area (Å²) < 4.78 is 11.0. The van der Waals surface area contributed by atoms with Gasteiger partial charge in [0.25, 0.3) is 0 Å². The van der Waals surface area contributed by atoms with Crippen LogP contribution in [0.4, 0.5) is 0 Å². The van der Waals surface area contributed by atoms with Gasteiger partial charge in [0.05, 0.1) is 5.56 Å². The molecule has 1 aromatic rings. The molecule has 3 aliphatic carbocycles. The molecule has 0 radical (unpaired) electrons. The van der Waals surface area contributed by atoms with Crippen molar-refractivity contribution in [1.29, 1.82) is 0 Å². The fourth-order valence-electron chi connectivity index (χ4n) is 6.46. The van der Waals surface area contributed by atoms with E-state index in [0.29, 0.717) is 29.1 Å². The van der Waals surface area contributed by atoms with Crippen LogP contribution in [0.15, 0.2) is 12.1 Å². The summed E-state index contributed by atoms with van der Waals surface area (Å²) in [5.41, 5.74) is 2.99. The minimum absolute atomic E-state index is 0.0199. The van der Waals surface area contributed by atoms with Crippen molar-refractivity contribution >= 4 is 17.7 Å². The van der Waals surface area contributed by atoms with Gasteiger partial charge in [-0.3, -0.25) is 14.4 Å². The first-order valence-electron chi connectivity index (χ1n) is 10.7. The van der Waals surface area contributed by atoms with Gasteiger partial charge >= 0.3 is 11.9 Å². The van der Waals surface area contributed by atoms with Crippen LogP contribution < -0.4 is 4.74 Å². The minimum atomic E-state index is -0.406. The first kappa shape index (κ1) is 20.1. The lowest BCUT2D eigenvalue weighted by molar-refractivity contribution is -0.154. The second-order valence-corrected chi connectivity index (χ2v) is 9.33. The molecule has 0 spiro atoms. The largest absolute Gasteiger partial charge is 0.462 e. The molecule has 2 fully saturated rings. The third-order valence-electron chi connectivity index (χ3n) is 7.68. The predicted octanol–water partition coefficient (Wildman–Crippen LogP) is 4.60. The van der Waals surface area contributed by atoms with Crippen LogP contribution in [0.5, 0.6) is 5.75 Å². The molecule has 1 aromatic carbocycles. The van der Waals surface area contributed by atoms with E-state index >= 15 is 0 Å². The molecule has 0 saturated heterocycles. The Bertz CT molecular complexity index is 872. The minimum Gasteiger partial charge on any atom is -0.462 e. The van der Waals surface area contributed by atoms with Gasteiger partial charge < -0.3 is 9.47 Å². The maximum Gasteiger partial charge on any atom is 0.308 e. The lowest BCUT2D eigenvalue weighted by Crippen LogP contribution is -2.45. The van der Waals surface area contributed by atoms with Gasteiger partial charge in [-0.2, -0.15) is 0 Å². The Morgan fingerprint density at radius 1 is 1.00 bits per heavy atom. The molecule has 0 aromatic heterocycles. The van der Waals surface area contributed by atoms with Crippen molar-refractivity contribution in [3.63, 3.8) is 0 Å². The number of carbonyl (C=O) groups excluding carboxylic acids is 3. The summed E-state index contributed by atoms with van der Waals surface area (Å²) in [5.74, 6) is 1.21. The highest BCUT2D eigenvalue weighted by atomic mass is 16.5. The van der Waals surface area contributed by atoms with E-state index < -0.39 is 5.97 Å². The SMILES string of the molecule is CC(=O)Oc1cc2c(cc1C(C)=O)[C@@H]1CC[C@@]3(C)[C@H](CC[C@H]3OC(C)=O)[C@H]1CC2. The van der Waals surface area contributed by atoms with Crippen LogP contribution in [0.3, 0.4) is 0 Å². The Morgan fingerprint density at radius 3 is 2.41 bits per heavy atom. The zero-order valence-corrected chi connectivity index (χ0v) is 17.7. The summed E-state index contributed by atoms with van der Waals surface area (Å²) in [6.45, 7) is 6.69. The number of rotatable bonds is 3. The number of ketones is 1. The van der Waals surface area contributed by atoms with Crippen LogP contribution in [-0.2, 0) is 20.7 Å². The van der Waals surface area contributed by atoms with Gasteiger partial charge in [-0.1, -0.05) is 6.92 Å². The molecular formula is C24H30O5. The third-order valence-corrected chi connectivity index (χ3v) is 7.68. The summed E-state index contributed by atoms with van der Waals surface area (Å²) >= 11 is 0. The zero-order chi connectivity index (χ0) is 20.9. The van der Waals surface area contributed by atoms with Crippen LogP contribution in [0.1, 0.15) is 87.2 Å². The number of esters is 2. The Labute approximate surface area is 172 Å². The quantitative estimate of drug-likeness (QED) is 0.423. The molecule has 0 N–H and O–H groups in total. The van der Waals surface area contributed by atoms with E-state index in [1.54, 1.807) is 0 Å². The monoisotopic (exact) mass is 398 g/mol. The second kappa shape index (κ2) is 7.26. The number of fused-ring (bicyclic) bond motifs is 5. The molecule has 2 saturated carbocycles. The molecule has 156 valence electrons. The Kier molecular flexibility index (Phi) is 5.04. The Hall–Kier alpha value is -2.17. The van der Waals surface area contributed by atoms with Crippen LogP contribution in [0.2, 0.25) is 0 Å². The smallest absolute Gasteiger partial charge is 0.308 e. The van der Waals surface area contributed by atoms with E-state index in [1.807, 2.05) is 12.1 Å². The lowest BCUT2D eigenvalue weighted by atomic mass is 9.55. The van der Waals surface area contributed by atoms with Gasteiger partial charge in [0.1, 0.15) is 11.9 Å². The summed E-state index contributed by atoms with van der Waals surface area (Å²) in [5, 5.41) is 0. The number of hydrogen-bond donors (Lipinski definition) is 0. The molecule has 0 heterocycles. The predicted molar refractivity (Wildman–Crippen MR) is 108 cm³/mol. The summed E-state index contributed by atoms with van der Waals surface area (Å²) in [7, 11) is 0. The molecule has 0 aliphatic heterocycles. The average molecular weight is 398 g/mol. The fourth-order valence-corrected chi connectivity index (χ4v) is 6.46. The van der Waals surface area contributed by atoms with Gasteiger partial charge in [-0.25, -0.2) is 0 Å². The molecule has 5 nitrogen and oxygen atoms in total. The molecule has 5 heteroatoms.